The van der Waals surface area contributed by atoms with E-state index in [1.54, 1.807) is 12.1 Å². The fourth-order valence-electron chi connectivity index (χ4n) is 3.41. The number of nitrogens with zero attached hydrogens (tertiary/aromatic N) is 2. The molecule has 1 spiro atoms. The summed E-state index contributed by atoms with van der Waals surface area (Å²) in [6.07, 6.45) is 3.20. The van der Waals surface area contributed by atoms with Crippen LogP contribution >= 0.6 is 0 Å². The van der Waals surface area contributed by atoms with E-state index in [0.717, 1.165) is 51.6 Å². The lowest BCUT2D eigenvalue weighted by Gasteiger charge is -2.24. The van der Waals surface area contributed by atoms with Gasteiger partial charge in [0.05, 0.1) is 13.2 Å². The molecular weight excluding hydrogens is 309 g/mol. The SMILES string of the molecule is CN=C(NCCCOc1ccc(F)cc1)N1CCC2(CCOC2)C1. The van der Waals surface area contributed by atoms with E-state index in [2.05, 4.69) is 15.2 Å². The van der Waals surface area contributed by atoms with Crippen LogP contribution in [0.2, 0.25) is 0 Å². The summed E-state index contributed by atoms with van der Waals surface area (Å²) in [5, 5.41) is 3.41. The summed E-state index contributed by atoms with van der Waals surface area (Å²) >= 11 is 0. The predicted octanol–water partition coefficient (Wildman–Crippen LogP) is 2.28. The maximum absolute atomic E-state index is 12.8. The number of aliphatic imine (C=N–C) groups is 1. The number of guanidine groups is 1. The molecular formula is C18H26FN3O2. The van der Waals surface area contributed by atoms with Crippen molar-refractivity contribution >= 4 is 5.96 Å². The van der Waals surface area contributed by atoms with Gasteiger partial charge in [-0.1, -0.05) is 0 Å². The van der Waals surface area contributed by atoms with Gasteiger partial charge in [-0.15, -0.1) is 0 Å². The zero-order valence-electron chi connectivity index (χ0n) is 14.3. The van der Waals surface area contributed by atoms with Crippen molar-refractivity contribution in [2.75, 3.05) is 46.5 Å². The highest BCUT2D eigenvalue weighted by atomic mass is 19.1. The van der Waals surface area contributed by atoms with Gasteiger partial charge in [0, 0.05) is 38.7 Å². The summed E-state index contributed by atoms with van der Waals surface area (Å²) in [5.74, 6) is 1.41. The van der Waals surface area contributed by atoms with Gasteiger partial charge in [-0.05, 0) is 43.5 Å². The van der Waals surface area contributed by atoms with Crippen LogP contribution in [0, 0.1) is 11.2 Å². The Labute approximate surface area is 142 Å². The fourth-order valence-corrected chi connectivity index (χ4v) is 3.41. The van der Waals surface area contributed by atoms with E-state index in [9.17, 15) is 4.39 Å². The third-order valence-electron chi connectivity index (χ3n) is 4.82. The van der Waals surface area contributed by atoms with E-state index >= 15 is 0 Å². The van der Waals surface area contributed by atoms with Gasteiger partial charge in [0.25, 0.3) is 0 Å². The highest BCUT2D eigenvalue weighted by Crippen LogP contribution is 2.38. The zero-order chi connectivity index (χ0) is 16.8. The number of ether oxygens (including phenoxy) is 2. The Bertz CT molecular complexity index is 556. The molecule has 0 saturated carbocycles. The molecule has 2 saturated heterocycles. The van der Waals surface area contributed by atoms with E-state index in [1.807, 2.05) is 7.05 Å². The molecule has 2 aliphatic heterocycles. The second kappa shape index (κ2) is 7.83. The molecule has 1 N–H and O–H groups in total. The first kappa shape index (κ1) is 17.0. The van der Waals surface area contributed by atoms with Crippen LogP contribution in [0.4, 0.5) is 4.39 Å². The Morgan fingerprint density at radius 1 is 1.38 bits per heavy atom. The Kier molecular flexibility index (Phi) is 5.56. The number of nitrogens with one attached hydrogen (secondary N) is 1. The molecule has 1 unspecified atom stereocenters. The lowest BCUT2D eigenvalue weighted by atomic mass is 9.87. The number of benzene rings is 1. The Morgan fingerprint density at radius 2 is 2.21 bits per heavy atom. The molecule has 0 aliphatic carbocycles. The van der Waals surface area contributed by atoms with Gasteiger partial charge in [0.1, 0.15) is 11.6 Å². The summed E-state index contributed by atoms with van der Waals surface area (Å²) in [6, 6.07) is 6.11. The summed E-state index contributed by atoms with van der Waals surface area (Å²) in [5.41, 5.74) is 0.337. The molecule has 5 nitrogen and oxygen atoms in total. The third kappa shape index (κ3) is 4.17. The molecule has 2 fully saturated rings. The number of halogens is 1. The van der Waals surface area contributed by atoms with Gasteiger partial charge in [-0.3, -0.25) is 4.99 Å². The van der Waals surface area contributed by atoms with Crippen LogP contribution in [0.25, 0.3) is 0 Å². The minimum absolute atomic E-state index is 0.246. The average Bonchev–Trinajstić information content (AvgIpc) is 3.23. The maximum Gasteiger partial charge on any atom is 0.193 e. The minimum atomic E-state index is -0.246. The van der Waals surface area contributed by atoms with Crippen molar-refractivity contribution in [2.45, 2.75) is 19.3 Å². The molecule has 2 heterocycles. The van der Waals surface area contributed by atoms with Crippen LogP contribution < -0.4 is 10.1 Å². The van der Waals surface area contributed by atoms with Crippen LogP contribution in [0.1, 0.15) is 19.3 Å². The Hall–Kier alpha value is -1.82. The topological polar surface area (TPSA) is 46.1 Å². The molecule has 2 aliphatic rings. The van der Waals surface area contributed by atoms with Crippen LogP contribution in [0.5, 0.6) is 5.75 Å². The lowest BCUT2D eigenvalue weighted by molar-refractivity contribution is 0.156. The van der Waals surface area contributed by atoms with Gasteiger partial charge in [-0.25, -0.2) is 4.39 Å². The summed E-state index contributed by atoms with van der Waals surface area (Å²) in [7, 11) is 1.83. The molecule has 1 aromatic carbocycles. The average molecular weight is 335 g/mol. The largest absolute Gasteiger partial charge is 0.494 e. The van der Waals surface area contributed by atoms with Crippen molar-refractivity contribution in [2.24, 2.45) is 10.4 Å². The number of hydrogen-bond acceptors (Lipinski definition) is 3. The number of likely N-dealkylation sites (tertiary alicyclic amines) is 1. The van der Waals surface area contributed by atoms with Crippen LogP contribution in [-0.2, 0) is 4.74 Å². The van der Waals surface area contributed by atoms with Gasteiger partial charge in [0.15, 0.2) is 5.96 Å². The Balaban J connectivity index is 1.37. The predicted molar refractivity (Wildman–Crippen MR) is 91.9 cm³/mol. The number of hydrogen-bond donors (Lipinski definition) is 1. The maximum atomic E-state index is 12.8. The van der Waals surface area contributed by atoms with Crippen LogP contribution in [-0.4, -0.2) is 57.4 Å². The summed E-state index contributed by atoms with van der Waals surface area (Å²) < 4.78 is 24.0. The molecule has 1 aromatic rings. The molecule has 0 radical (unpaired) electrons. The third-order valence-corrected chi connectivity index (χ3v) is 4.82. The van der Waals surface area contributed by atoms with Crippen LogP contribution in [0.3, 0.4) is 0 Å². The highest BCUT2D eigenvalue weighted by molar-refractivity contribution is 5.80. The normalized spacial score (nSPS) is 23.9. The molecule has 1 atom stereocenters. The standard InChI is InChI=1S/C18H26FN3O2/c1-20-17(22-10-7-18(13-22)8-12-23-14-18)21-9-2-11-24-16-5-3-15(19)4-6-16/h3-6H,2,7-14H2,1H3,(H,20,21). The lowest BCUT2D eigenvalue weighted by Crippen LogP contribution is -2.42. The molecule has 3 rings (SSSR count). The van der Waals surface area contributed by atoms with E-state index in [1.165, 1.54) is 18.6 Å². The summed E-state index contributed by atoms with van der Waals surface area (Å²) in [6.45, 7) is 5.22. The van der Waals surface area contributed by atoms with Gasteiger partial charge in [-0.2, -0.15) is 0 Å². The van der Waals surface area contributed by atoms with E-state index in [4.69, 9.17) is 9.47 Å². The second-order valence-corrected chi connectivity index (χ2v) is 6.60. The molecule has 0 bridgehead atoms. The molecule has 132 valence electrons. The minimum Gasteiger partial charge on any atom is -0.494 e. The smallest absolute Gasteiger partial charge is 0.193 e. The van der Waals surface area contributed by atoms with Gasteiger partial charge >= 0.3 is 0 Å². The fraction of sp³-hybridized carbons (Fsp3) is 0.611. The molecule has 0 aromatic heterocycles. The zero-order valence-corrected chi connectivity index (χ0v) is 14.3. The first-order valence-electron chi connectivity index (χ1n) is 8.63. The van der Waals surface area contributed by atoms with Gasteiger partial charge in [0.2, 0.25) is 0 Å². The van der Waals surface area contributed by atoms with Crippen molar-refractivity contribution in [3.63, 3.8) is 0 Å². The van der Waals surface area contributed by atoms with E-state index in [-0.39, 0.29) is 5.82 Å². The van der Waals surface area contributed by atoms with Crippen LogP contribution in [0.15, 0.2) is 29.3 Å². The van der Waals surface area contributed by atoms with E-state index in [0.29, 0.717) is 17.8 Å². The van der Waals surface area contributed by atoms with Crippen molar-refractivity contribution in [3.05, 3.63) is 30.1 Å². The van der Waals surface area contributed by atoms with Crippen molar-refractivity contribution in [3.8, 4) is 5.75 Å². The molecule has 6 heteroatoms. The quantitative estimate of drug-likeness (QED) is 0.509. The van der Waals surface area contributed by atoms with E-state index < -0.39 is 0 Å². The van der Waals surface area contributed by atoms with Crippen molar-refractivity contribution < 1.29 is 13.9 Å². The van der Waals surface area contributed by atoms with Crippen molar-refractivity contribution in [1.29, 1.82) is 0 Å². The molecule has 24 heavy (non-hydrogen) atoms. The second-order valence-electron chi connectivity index (χ2n) is 6.60. The number of rotatable bonds is 5. The molecule has 0 amide bonds. The monoisotopic (exact) mass is 335 g/mol. The Morgan fingerprint density at radius 3 is 2.92 bits per heavy atom. The van der Waals surface area contributed by atoms with Gasteiger partial charge < -0.3 is 19.7 Å². The highest BCUT2D eigenvalue weighted by Gasteiger charge is 2.42. The van der Waals surface area contributed by atoms with Crippen molar-refractivity contribution in [1.82, 2.24) is 10.2 Å². The first-order chi connectivity index (χ1) is 11.7. The summed E-state index contributed by atoms with van der Waals surface area (Å²) in [4.78, 5) is 6.73. The first-order valence-corrected chi connectivity index (χ1v) is 8.63.